The highest BCUT2D eigenvalue weighted by molar-refractivity contribution is 7.92. The summed E-state index contributed by atoms with van der Waals surface area (Å²) in [5.74, 6) is -0.0805. The number of hydrogen-bond acceptors (Lipinski definition) is 3. The summed E-state index contributed by atoms with van der Waals surface area (Å²) in [6.45, 7) is 3.83. The molecule has 0 bridgehead atoms. The number of benzene rings is 3. The zero-order chi connectivity index (χ0) is 20.6. The molecule has 1 amide bonds. The number of sulfonamides is 1. The van der Waals surface area contributed by atoms with Gasteiger partial charge in [0.15, 0.2) is 0 Å². The number of aryl methyl sites for hydroxylation is 1. The summed E-state index contributed by atoms with van der Waals surface area (Å²) in [6, 6.07) is 21.3. The van der Waals surface area contributed by atoms with E-state index in [0.717, 1.165) is 17.7 Å². The highest BCUT2D eigenvalue weighted by Gasteiger charge is 2.31. The van der Waals surface area contributed by atoms with Gasteiger partial charge in [0, 0.05) is 17.3 Å². The van der Waals surface area contributed by atoms with Crippen molar-refractivity contribution in [2.75, 3.05) is 9.62 Å². The smallest absolute Gasteiger partial charge is 0.261 e. The fourth-order valence-corrected chi connectivity index (χ4v) is 4.88. The molecule has 1 aliphatic heterocycles. The monoisotopic (exact) mass is 406 g/mol. The van der Waals surface area contributed by atoms with Crippen molar-refractivity contribution in [1.29, 1.82) is 0 Å². The third kappa shape index (κ3) is 3.63. The highest BCUT2D eigenvalue weighted by atomic mass is 32.2. The Bertz CT molecular complexity index is 1170. The lowest BCUT2D eigenvalue weighted by molar-refractivity contribution is 0.0981. The zero-order valence-corrected chi connectivity index (χ0v) is 17.1. The van der Waals surface area contributed by atoms with Crippen molar-refractivity contribution in [1.82, 2.24) is 0 Å². The first-order chi connectivity index (χ1) is 13.9. The molecular formula is C23H22N2O3S. The number of nitrogens with one attached hydrogen (secondary N) is 1. The van der Waals surface area contributed by atoms with Gasteiger partial charge in [0.1, 0.15) is 0 Å². The lowest BCUT2D eigenvalue weighted by Crippen LogP contribution is -2.35. The van der Waals surface area contributed by atoms with Crippen LogP contribution < -0.4 is 9.62 Å². The number of anilines is 2. The van der Waals surface area contributed by atoms with Gasteiger partial charge < -0.3 is 4.90 Å². The normalized spacial score (nSPS) is 15.8. The minimum Gasteiger partial charge on any atom is -0.305 e. The Hall–Kier alpha value is -3.12. The SMILES string of the molecule is Cc1cc(C(=O)N2c3ccccc3C[C@H]2C)ccc1NS(=O)(=O)c1ccccc1. The van der Waals surface area contributed by atoms with Gasteiger partial charge in [-0.25, -0.2) is 8.42 Å². The van der Waals surface area contributed by atoms with Crippen molar-refractivity contribution in [2.45, 2.75) is 31.2 Å². The fourth-order valence-electron chi connectivity index (χ4n) is 3.73. The van der Waals surface area contributed by atoms with E-state index in [4.69, 9.17) is 0 Å². The largest absolute Gasteiger partial charge is 0.305 e. The molecule has 0 aliphatic carbocycles. The average Bonchev–Trinajstić information content (AvgIpc) is 3.05. The molecule has 4 rings (SSSR count). The van der Waals surface area contributed by atoms with Crippen LogP contribution in [0.2, 0.25) is 0 Å². The van der Waals surface area contributed by atoms with E-state index in [9.17, 15) is 13.2 Å². The highest BCUT2D eigenvalue weighted by Crippen LogP contribution is 2.33. The maximum atomic E-state index is 13.2. The number of carbonyl (C=O) groups excluding carboxylic acids is 1. The van der Waals surface area contributed by atoms with Gasteiger partial charge in [-0.3, -0.25) is 9.52 Å². The Kier molecular flexibility index (Phi) is 4.88. The van der Waals surface area contributed by atoms with Crippen molar-refractivity contribution in [3.63, 3.8) is 0 Å². The van der Waals surface area contributed by atoms with Gasteiger partial charge in [0.05, 0.1) is 10.6 Å². The van der Waals surface area contributed by atoms with Crippen molar-refractivity contribution < 1.29 is 13.2 Å². The van der Waals surface area contributed by atoms with Crippen molar-refractivity contribution >= 4 is 27.3 Å². The number of nitrogens with zero attached hydrogens (tertiary/aromatic N) is 1. The quantitative estimate of drug-likeness (QED) is 0.699. The lowest BCUT2D eigenvalue weighted by atomic mass is 10.1. The molecule has 0 spiro atoms. The number of amides is 1. The summed E-state index contributed by atoms with van der Waals surface area (Å²) >= 11 is 0. The van der Waals surface area contributed by atoms with E-state index in [0.29, 0.717) is 16.8 Å². The Morgan fingerprint density at radius 3 is 2.41 bits per heavy atom. The molecule has 148 valence electrons. The summed E-state index contributed by atoms with van der Waals surface area (Å²) in [5.41, 5.74) is 3.79. The number of rotatable bonds is 4. The van der Waals surface area contributed by atoms with Gasteiger partial charge in [-0.15, -0.1) is 0 Å². The summed E-state index contributed by atoms with van der Waals surface area (Å²) in [5, 5.41) is 0. The molecule has 0 aromatic heterocycles. The Labute approximate surface area is 171 Å². The fraction of sp³-hybridized carbons (Fsp3) is 0.174. The standard InChI is InChI=1S/C23H22N2O3S/c1-16-14-19(23(26)25-17(2)15-18-8-6-7-11-22(18)25)12-13-21(16)24-29(27,28)20-9-4-3-5-10-20/h3-14,17,24H,15H2,1-2H3/t17-/m1/s1. The molecular weight excluding hydrogens is 384 g/mol. The van der Waals surface area contributed by atoms with E-state index < -0.39 is 10.0 Å². The summed E-state index contributed by atoms with van der Waals surface area (Å²) in [6.07, 6.45) is 0.829. The number of fused-ring (bicyclic) bond motifs is 1. The maximum Gasteiger partial charge on any atom is 0.261 e. The molecule has 1 atom stereocenters. The van der Waals surface area contributed by atoms with Crippen LogP contribution in [0.25, 0.3) is 0 Å². The molecule has 3 aromatic carbocycles. The van der Waals surface area contributed by atoms with Crippen molar-refractivity contribution in [3.8, 4) is 0 Å². The second-order valence-corrected chi connectivity index (χ2v) is 8.99. The lowest BCUT2D eigenvalue weighted by Gasteiger charge is -2.23. The van der Waals surface area contributed by atoms with Gasteiger partial charge in [0.25, 0.3) is 15.9 Å². The second-order valence-electron chi connectivity index (χ2n) is 7.31. The number of carbonyl (C=O) groups is 1. The zero-order valence-electron chi connectivity index (χ0n) is 16.3. The van der Waals surface area contributed by atoms with Gasteiger partial charge in [-0.1, -0.05) is 36.4 Å². The predicted molar refractivity (Wildman–Crippen MR) is 115 cm³/mol. The summed E-state index contributed by atoms with van der Waals surface area (Å²) in [7, 11) is -3.68. The number of para-hydroxylation sites is 1. The van der Waals surface area contributed by atoms with Crippen molar-refractivity contribution in [3.05, 3.63) is 89.5 Å². The molecule has 5 nitrogen and oxygen atoms in total. The topological polar surface area (TPSA) is 66.5 Å². The van der Waals surface area contributed by atoms with Crippen LogP contribution >= 0.6 is 0 Å². The predicted octanol–water partition coefficient (Wildman–Crippen LogP) is 4.39. The minimum atomic E-state index is -3.68. The first-order valence-electron chi connectivity index (χ1n) is 9.47. The van der Waals surface area contributed by atoms with Crippen LogP contribution in [0.15, 0.2) is 77.7 Å². The summed E-state index contributed by atoms with van der Waals surface area (Å²) < 4.78 is 27.8. The van der Waals surface area contributed by atoms with E-state index in [1.807, 2.05) is 36.1 Å². The van der Waals surface area contributed by atoms with E-state index in [1.165, 1.54) is 0 Å². The van der Waals surface area contributed by atoms with Gasteiger partial charge in [-0.2, -0.15) is 0 Å². The average molecular weight is 407 g/mol. The molecule has 0 unspecified atom stereocenters. The van der Waals surface area contributed by atoms with Crippen molar-refractivity contribution in [2.24, 2.45) is 0 Å². The molecule has 0 radical (unpaired) electrons. The van der Waals surface area contributed by atoms with E-state index in [1.54, 1.807) is 55.5 Å². The molecule has 0 fully saturated rings. The molecule has 1 aliphatic rings. The Morgan fingerprint density at radius 1 is 1.00 bits per heavy atom. The van der Waals surface area contributed by atoms with Gasteiger partial charge in [-0.05, 0) is 67.8 Å². The van der Waals surface area contributed by atoms with Crippen LogP contribution in [0.1, 0.15) is 28.4 Å². The Morgan fingerprint density at radius 2 is 1.69 bits per heavy atom. The first-order valence-corrected chi connectivity index (χ1v) is 10.9. The number of hydrogen-bond donors (Lipinski definition) is 1. The molecule has 0 saturated heterocycles. The molecule has 0 saturated carbocycles. The Balaban J connectivity index is 1.60. The summed E-state index contributed by atoms with van der Waals surface area (Å²) in [4.78, 5) is 15.2. The molecule has 1 N–H and O–H groups in total. The maximum absolute atomic E-state index is 13.2. The second kappa shape index (κ2) is 7.37. The molecule has 3 aromatic rings. The van der Waals surface area contributed by atoms with Gasteiger partial charge in [0.2, 0.25) is 0 Å². The van der Waals surface area contributed by atoms with Crippen LogP contribution in [0.5, 0.6) is 0 Å². The van der Waals surface area contributed by atoms with Crippen LogP contribution in [-0.2, 0) is 16.4 Å². The van der Waals surface area contributed by atoms with Crippen LogP contribution in [0, 0.1) is 6.92 Å². The minimum absolute atomic E-state index is 0.0801. The third-order valence-electron chi connectivity index (χ3n) is 5.20. The van der Waals surface area contributed by atoms with Gasteiger partial charge >= 0.3 is 0 Å². The first kappa shape index (κ1) is 19.2. The van der Waals surface area contributed by atoms with Crippen LogP contribution in [0.3, 0.4) is 0 Å². The van der Waals surface area contributed by atoms with E-state index >= 15 is 0 Å². The molecule has 29 heavy (non-hydrogen) atoms. The third-order valence-corrected chi connectivity index (χ3v) is 6.58. The van der Waals surface area contributed by atoms with Crippen LogP contribution in [0.4, 0.5) is 11.4 Å². The van der Waals surface area contributed by atoms with Crippen LogP contribution in [-0.4, -0.2) is 20.4 Å². The van der Waals surface area contributed by atoms with E-state index in [2.05, 4.69) is 4.72 Å². The molecule has 1 heterocycles. The van der Waals surface area contributed by atoms with E-state index in [-0.39, 0.29) is 16.8 Å². The molecule has 6 heteroatoms.